The smallest absolute Gasteiger partial charge is 0.0468 e. The standard InChI is InChI=1S/C54H37N/c1-2-16-36(17-3-1)55(37-30-32-51-47-26-10-8-22-43(47)39-18-4-6-20-41(39)45-24-12-14-28-49(45)53(51)34-37)38-31-33-52-48-27-11-9-23-44(48)40-19-5-7-21-42(40)46-25-13-15-29-50(46)54(52)35-38/h1-8,10,12-35H,9,11H2. The van der Waals surface area contributed by atoms with E-state index >= 15 is 0 Å². The van der Waals surface area contributed by atoms with Crippen LogP contribution in [-0.4, -0.2) is 0 Å². The van der Waals surface area contributed by atoms with E-state index in [9.17, 15) is 0 Å². The van der Waals surface area contributed by atoms with Crippen LogP contribution in [0.25, 0.3) is 77.9 Å². The number of nitrogens with zero attached hydrogens (tertiary/aromatic N) is 1. The summed E-state index contributed by atoms with van der Waals surface area (Å²) in [5, 5.41) is 0. The lowest BCUT2D eigenvalue weighted by Gasteiger charge is -2.30. The quantitative estimate of drug-likeness (QED) is 0.177. The molecule has 0 unspecified atom stereocenters. The van der Waals surface area contributed by atoms with E-state index in [1.165, 1.54) is 89.0 Å². The van der Waals surface area contributed by atoms with E-state index in [1.54, 1.807) is 0 Å². The number of rotatable bonds is 3. The van der Waals surface area contributed by atoms with Crippen molar-refractivity contribution in [3.8, 4) is 66.8 Å². The molecule has 11 rings (SSSR count). The van der Waals surface area contributed by atoms with E-state index in [0.29, 0.717) is 0 Å². The van der Waals surface area contributed by atoms with Crippen molar-refractivity contribution in [2.75, 3.05) is 4.90 Å². The maximum absolute atomic E-state index is 2.45. The summed E-state index contributed by atoms with van der Waals surface area (Å²) in [6.45, 7) is 0. The molecular formula is C54H37N. The molecule has 3 aliphatic rings. The van der Waals surface area contributed by atoms with Crippen molar-refractivity contribution < 1.29 is 0 Å². The number of fused-ring (bicyclic) bond motifs is 16. The van der Waals surface area contributed by atoms with Crippen molar-refractivity contribution in [2.24, 2.45) is 0 Å². The zero-order valence-corrected chi connectivity index (χ0v) is 30.4. The average molecular weight is 700 g/mol. The highest BCUT2D eigenvalue weighted by Gasteiger charge is 2.27. The van der Waals surface area contributed by atoms with Crippen LogP contribution in [0.2, 0.25) is 0 Å². The molecule has 8 aromatic carbocycles. The molecule has 0 spiro atoms. The second-order valence-corrected chi connectivity index (χ2v) is 14.7. The highest BCUT2D eigenvalue weighted by atomic mass is 15.1. The normalized spacial score (nSPS) is 13.2. The fourth-order valence-corrected chi connectivity index (χ4v) is 9.23. The largest absolute Gasteiger partial charge is 0.310 e. The van der Waals surface area contributed by atoms with E-state index in [2.05, 4.69) is 205 Å². The molecule has 1 heteroatoms. The average Bonchev–Trinajstić information content (AvgIpc) is 3.26. The Morgan fingerprint density at radius 2 is 0.527 bits per heavy atom. The van der Waals surface area contributed by atoms with Gasteiger partial charge in [-0.25, -0.2) is 0 Å². The van der Waals surface area contributed by atoms with Gasteiger partial charge in [-0.1, -0.05) is 164 Å². The first-order valence-electron chi connectivity index (χ1n) is 19.3. The first-order chi connectivity index (χ1) is 27.3. The Morgan fingerprint density at radius 1 is 0.236 bits per heavy atom. The highest BCUT2D eigenvalue weighted by molar-refractivity contribution is 6.14. The Kier molecular flexibility index (Phi) is 7.38. The third-order valence-corrected chi connectivity index (χ3v) is 11.6. The maximum atomic E-state index is 2.45. The van der Waals surface area contributed by atoms with Crippen LogP contribution in [0.15, 0.2) is 200 Å². The summed E-state index contributed by atoms with van der Waals surface area (Å²) in [4.78, 5) is 2.43. The molecule has 0 fully saturated rings. The zero-order valence-electron chi connectivity index (χ0n) is 30.4. The fourth-order valence-electron chi connectivity index (χ4n) is 9.23. The molecule has 0 saturated heterocycles. The van der Waals surface area contributed by atoms with Crippen molar-refractivity contribution in [1.82, 2.24) is 0 Å². The predicted octanol–water partition coefficient (Wildman–Crippen LogP) is 15.0. The van der Waals surface area contributed by atoms with Crippen molar-refractivity contribution in [3.63, 3.8) is 0 Å². The summed E-state index contributed by atoms with van der Waals surface area (Å²) in [6.07, 6.45) is 7.00. The topological polar surface area (TPSA) is 3.24 Å². The van der Waals surface area contributed by atoms with Gasteiger partial charge in [-0.05, 0) is 138 Å². The summed E-state index contributed by atoms with van der Waals surface area (Å²) >= 11 is 0. The molecule has 8 aromatic rings. The van der Waals surface area contributed by atoms with E-state index in [-0.39, 0.29) is 0 Å². The van der Waals surface area contributed by atoms with Crippen LogP contribution in [0.3, 0.4) is 0 Å². The molecule has 0 bridgehead atoms. The Morgan fingerprint density at radius 3 is 0.964 bits per heavy atom. The Labute approximate surface area is 322 Å². The maximum Gasteiger partial charge on any atom is 0.0468 e. The molecular weight excluding hydrogens is 663 g/mol. The first-order valence-corrected chi connectivity index (χ1v) is 19.3. The minimum absolute atomic E-state index is 1.05. The van der Waals surface area contributed by atoms with Gasteiger partial charge in [-0.3, -0.25) is 0 Å². The Bertz CT molecular complexity index is 2870. The van der Waals surface area contributed by atoms with Crippen molar-refractivity contribution in [2.45, 2.75) is 12.8 Å². The van der Waals surface area contributed by atoms with Crippen LogP contribution < -0.4 is 4.90 Å². The monoisotopic (exact) mass is 699 g/mol. The zero-order chi connectivity index (χ0) is 36.3. The van der Waals surface area contributed by atoms with Crippen LogP contribution in [-0.2, 0) is 0 Å². The van der Waals surface area contributed by atoms with Crippen molar-refractivity contribution >= 4 is 28.2 Å². The molecule has 55 heavy (non-hydrogen) atoms. The van der Waals surface area contributed by atoms with Crippen LogP contribution in [0, 0.1) is 0 Å². The molecule has 0 aliphatic heterocycles. The minimum atomic E-state index is 1.05. The van der Waals surface area contributed by atoms with E-state index < -0.39 is 0 Å². The lowest BCUT2D eigenvalue weighted by Crippen LogP contribution is -2.11. The van der Waals surface area contributed by atoms with Crippen LogP contribution in [0.5, 0.6) is 0 Å². The lowest BCUT2D eigenvalue weighted by atomic mass is 9.77. The minimum Gasteiger partial charge on any atom is -0.310 e. The lowest BCUT2D eigenvalue weighted by molar-refractivity contribution is 1.04. The van der Waals surface area contributed by atoms with Crippen molar-refractivity contribution in [3.05, 3.63) is 211 Å². The number of allylic oxidation sites excluding steroid dienone is 4. The summed E-state index contributed by atoms with van der Waals surface area (Å²) in [5.41, 5.74) is 23.7. The first kappa shape index (κ1) is 31.6. The Hall–Kier alpha value is -6.96. The number of hydrogen-bond acceptors (Lipinski definition) is 1. The number of hydrogen-bond donors (Lipinski definition) is 0. The van der Waals surface area contributed by atoms with Gasteiger partial charge in [0, 0.05) is 17.1 Å². The molecule has 258 valence electrons. The van der Waals surface area contributed by atoms with Gasteiger partial charge in [-0.2, -0.15) is 0 Å². The van der Waals surface area contributed by atoms with Gasteiger partial charge < -0.3 is 4.90 Å². The molecule has 0 heterocycles. The summed E-state index contributed by atoms with van der Waals surface area (Å²) in [6, 6.07) is 69.5. The van der Waals surface area contributed by atoms with E-state index in [1.807, 2.05) is 0 Å². The SMILES string of the molecule is C1=C2C(=CCC1)c1ccc(N(c3ccccc3)c3ccc4c(c3)-c3ccccc3-c3ccccc3-c3ccccc3-4)cc1-c1ccccc1-c1ccccc12. The molecule has 1 nitrogen and oxygen atoms in total. The van der Waals surface area contributed by atoms with Gasteiger partial charge in [0.15, 0.2) is 0 Å². The second kappa shape index (κ2) is 12.9. The van der Waals surface area contributed by atoms with Gasteiger partial charge in [0.2, 0.25) is 0 Å². The second-order valence-electron chi connectivity index (χ2n) is 14.7. The number of para-hydroxylation sites is 1. The highest BCUT2D eigenvalue weighted by Crippen LogP contribution is 2.52. The molecule has 3 aliphatic carbocycles. The molecule has 0 radical (unpaired) electrons. The molecule has 0 atom stereocenters. The number of anilines is 3. The number of benzene rings is 8. The summed E-state index contributed by atoms with van der Waals surface area (Å²) in [7, 11) is 0. The Balaban J connectivity index is 1.16. The molecule has 0 amide bonds. The molecule has 0 aromatic heterocycles. The van der Waals surface area contributed by atoms with Crippen LogP contribution in [0.4, 0.5) is 17.1 Å². The third-order valence-electron chi connectivity index (χ3n) is 11.6. The molecule has 0 N–H and O–H groups in total. The summed E-state index contributed by atoms with van der Waals surface area (Å²) in [5.74, 6) is 0. The van der Waals surface area contributed by atoms with Gasteiger partial charge in [0.05, 0.1) is 0 Å². The fraction of sp³-hybridized carbons (Fsp3) is 0.0370. The van der Waals surface area contributed by atoms with Gasteiger partial charge in [-0.15, -0.1) is 0 Å². The van der Waals surface area contributed by atoms with E-state index in [4.69, 9.17) is 0 Å². The third kappa shape index (κ3) is 5.08. The van der Waals surface area contributed by atoms with Crippen LogP contribution in [0.1, 0.15) is 24.0 Å². The van der Waals surface area contributed by atoms with E-state index in [0.717, 1.165) is 29.9 Å². The van der Waals surface area contributed by atoms with Crippen molar-refractivity contribution in [1.29, 1.82) is 0 Å². The van der Waals surface area contributed by atoms with Crippen LogP contribution >= 0.6 is 0 Å². The predicted molar refractivity (Wildman–Crippen MR) is 232 cm³/mol. The van der Waals surface area contributed by atoms with Gasteiger partial charge >= 0.3 is 0 Å². The van der Waals surface area contributed by atoms with Gasteiger partial charge in [0.1, 0.15) is 0 Å². The summed E-state index contributed by atoms with van der Waals surface area (Å²) < 4.78 is 0. The molecule has 0 saturated carbocycles. The van der Waals surface area contributed by atoms with Gasteiger partial charge in [0.25, 0.3) is 0 Å².